The van der Waals surface area contributed by atoms with E-state index in [0.717, 1.165) is 32.2 Å². The fourth-order valence-corrected chi connectivity index (χ4v) is 2.43. The summed E-state index contributed by atoms with van der Waals surface area (Å²) < 4.78 is 5.77. The number of hydrogen-bond donors (Lipinski definition) is 1. The van der Waals surface area contributed by atoms with Crippen molar-refractivity contribution in [2.45, 2.75) is 58.1 Å². The first-order valence-electron chi connectivity index (χ1n) is 7.48. The SMILES string of the molecule is CCCNC(CCc1ccccc1)C(C)(CC)OC. The summed E-state index contributed by atoms with van der Waals surface area (Å²) in [6, 6.07) is 11.1. The monoisotopic (exact) mass is 263 g/mol. The minimum absolute atomic E-state index is 0.0794. The van der Waals surface area contributed by atoms with E-state index in [-0.39, 0.29) is 5.60 Å². The van der Waals surface area contributed by atoms with E-state index in [1.54, 1.807) is 0 Å². The average Bonchev–Trinajstić information content (AvgIpc) is 2.47. The van der Waals surface area contributed by atoms with Crippen molar-refractivity contribution < 1.29 is 4.74 Å². The van der Waals surface area contributed by atoms with E-state index >= 15 is 0 Å². The minimum Gasteiger partial charge on any atom is -0.377 e. The predicted molar refractivity (Wildman–Crippen MR) is 82.5 cm³/mol. The van der Waals surface area contributed by atoms with Crippen LogP contribution in [0.15, 0.2) is 30.3 Å². The lowest BCUT2D eigenvalue weighted by atomic mass is 9.88. The zero-order valence-electron chi connectivity index (χ0n) is 12.9. The van der Waals surface area contributed by atoms with Crippen molar-refractivity contribution in [1.29, 1.82) is 0 Å². The highest BCUT2D eigenvalue weighted by Gasteiger charge is 2.31. The lowest BCUT2D eigenvalue weighted by Gasteiger charge is -2.36. The van der Waals surface area contributed by atoms with E-state index < -0.39 is 0 Å². The predicted octanol–water partition coefficient (Wildman–Crippen LogP) is 3.80. The summed E-state index contributed by atoms with van der Waals surface area (Å²) in [7, 11) is 1.83. The molecule has 2 nitrogen and oxygen atoms in total. The summed E-state index contributed by atoms with van der Waals surface area (Å²) in [5.74, 6) is 0. The van der Waals surface area contributed by atoms with Gasteiger partial charge in [0, 0.05) is 13.2 Å². The molecule has 1 aromatic rings. The van der Waals surface area contributed by atoms with Crippen molar-refractivity contribution in [3.63, 3.8) is 0 Å². The molecular formula is C17H29NO. The molecule has 2 atom stereocenters. The van der Waals surface area contributed by atoms with Gasteiger partial charge in [0.25, 0.3) is 0 Å². The molecule has 1 aromatic carbocycles. The standard InChI is InChI=1S/C17H29NO/c1-5-14-18-16(17(3,6-2)19-4)13-12-15-10-8-7-9-11-15/h7-11,16,18H,5-6,12-14H2,1-4H3. The molecule has 0 saturated carbocycles. The van der Waals surface area contributed by atoms with Crippen molar-refractivity contribution in [2.75, 3.05) is 13.7 Å². The first-order valence-corrected chi connectivity index (χ1v) is 7.48. The van der Waals surface area contributed by atoms with Gasteiger partial charge in [-0.05, 0) is 44.7 Å². The Kier molecular flexibility index (Phi) is 7.11. The maximum absolute atomic E-state index is 5.77. The third-order valence-electron chi connectivity index (χ3n) is 4.11. The molecule has 0 saturated heterocycles. The zero-order chi connectivity index (χ0) is 14.1. The average molecular weight is 263 g/mol. The molecule has 0 radical (unpaired) electrons. The number of methoxy groups -OCH3 is 1. The Morgan fingerprint density at radius 3 is 2.42 bits per heavy atom. The molecule has 0 aliphatic heterocycles. The van der Waals surface area contributed by atoms with E-state index in [1.807, 2.05) is 7.11 Å². The van der Waals surface area contributed by atoms with Gasteiger partial charge in [-0.15, -0.1) is 0 Å². The molecule has 0 amide bonds. The maximum atomic E-state index is 5.77. The van der Waals surface area contributed by atoms with Crippen molar-refractivity contribution in [1.82, 2.24) is 5.32 Å². The van der Waals surface area contributed by atoms with Crippen LogP contribution in [0.1, 0.15) is 45.6 Å². The first-order chi connectivity index (χ1) is 9.16. The summed E-state index contributed by atoms with van der Waals surface area (Å²) in [5.41, 5.74) is 1.32. The highest BCUT2D eigenvalue weighted by Crippen LogP contribution is 2.23. The third-order valence-corrected chi connectivity index (χ3v) is 4.11. The molecule has 0 bridgehead atoms. The summed E-state index contributed by atoms with van der Waals surface area (Å²) in [6.45, 7) is 7.67. The van der Waals surface area contributed by atoms with E-state index in [2.05, 4.69) is 56.4 Å². The van der Waals surface area contributed by atoms with Gasteiger partial charge in [-0.2, -0.15) is 0 Å². The topological polar surface area (TPSA) is 21.3 Å². The van der Waals surface area contributed by atoms with Gasteiger partial charge in [-0.25, -0.2) is 0 Å². The second kappa shape index (κ2) is 8.34. The van der Waals surface area contributed by atoms with Gasteiger partial charge in [-0.3, -0.25) is 0 Å². The number of aryl methyl sites for hydroxylation is 1. The number of rotatable bonds is 9. The zero-order valence-corrected chi connectivity index (χ0v) is 12.9. The van der Waals surface area contributed by atoms with Crippen molar-refractivity contribution >= 4 is 0 Å². The number of nitrogens with one attached hydrogen (secondary N) is 1. The van der Waals surface area contributed by atoms with Gasteiger partial charge in [0.05, 0.1) is 5.60 Å². The van der Waals surface area contributed by atoms with E-state index in [9.17, 15) is 0 Å². The smallest absolute Gasteiger partial charge is 0.0800 e. The summed E-state index contributed by atoms with van der Waals surface area (Å²) in [5, 5.41) is 3.66. The molecule has 0 aromatic heterocycles. The minimum atomic E-state index is -0.0794. The molecule has 0 spiro atoms. The third kappa shape index (κ3) is 4.96. The van der Waals surface area contributed by atoms with Crippen LogP contribution in [-0.4, -0.2) is 25.3 Å². The van der Waals surface area contributed by atoms with Crippen LogP contribution >= 0.6 is 0 Å². The number of ether oxygens (including phenoxy) is 1. The molecule has 1 rings (SSSR count). The maximum Gasteiger partial charge on any atom is 0.0800 e. The Balaban J connectivity index is 2.64. The van der Waals surface area contributed by atoms with Crippen molar-refractivity contribution in [3.8, 4) is 0 Å². The van der Waals surface area contributed by atoms with Gasteiger partial charge >= 0.3 is 0 Å². The second-order valence-electron chi connectivity index (χ2n) is 5.40. The Morgan fingerprint density at radius 2 is 1.89 bits per heavy atom. The van der Waals surface area contributed by atoms with Gasteiger partial charge in [0.1, 0.15) is 0 Å². The van der Waals surface area contributed by atoms with E-state index in [4.69, 9.17) is 4.74 Å². The summed E-state index contributed by atoms with van der Waals surface area (Å²) in [4.78, 5) is 0. The largest absolute Gasteiger partial charge is 0.377 e. The number of hydrogen-bond acceptors (Lipinski definition) is 2. The highest BCUT2D eigenvalue weighted by atomic mass is 16.5. The normalized spacial score (nSPS) is 16.0. The van der Waals surface area contributed by atoms with Crippen LogP contribution in [0.2, 0.25) is 0 Å². The molecule has 0 heterocycles. The van der Waals surface area contributed by atoms with Gasteiger partial charge < -0.3 is 10.1 Å². The molecule has 2 heteroatoms. The summed E-state index contributed by atoms with van der Waals surface area (Å²) >= 11 is 0. The van der Waals surface area contributed by atoms with Crippen LogP contribution < -0.4 is 5.32 Å². The fraction of sp³-hybridized carbons (Fsp3) is 0.647. The molecule has 0 aliphatic carbocycles. The lowest BCUT2D eigenvalue weighted by Crippen LogP contribution is -2.50. The fourth-order valence-electron chi connectivity index (χ4n) is 2.43. The van der Waals surface area contributed by atoms with Crippen LogP contribution in [0.25, 0.3) is 0 Å². The van der Waals surface area contributed by atoms with E-state index in [0.29, 0.717) is 6.04 Å². The summed E-state index contributed by atoms with van der Waals surface area (Å²) in [6.07, 6.45) is 4.40. The molecule has 0 aliphatic rings. The molecule has 19 heavy (non-hydrogen) atoms. The van der Waals surface area contributed by atoms with Crippen LogP contribution in [-0.2, 0) is 11.2 Å². The Hall–Kier alpha value is -0.860. The van der Waals surface area contributed by atoms with Gasteiger partial charge in [0.2, 0.25) is 0 Å². The van der Waals surface area contributed by atoms with Gasteiger partial charge in [-0.1, -0.05) is 44.2 Å². The van der Waals surface area contributed by atoms with E-state index in [1.165, 1.54) is 5.56 Å². The van der Waals surface area contributed by atoms with Crippen molar-refractivity contribution in [3.05, 3.63) is 35.9 Å². The highest BCUT2D eigenvalue weighted by molar-refractivity contribution is 5.15. The van der Waals surface area contributed by atoms with Crippen LogP contribution in [0.3, 0.4) is 0 Å². The molecule has 2 unspecified atom stereocenters. The molecule has 108 valence electrons. The van der Waals surface area contributed by atoms with Crippen LogP contribution in [0.4, 0.5) is 0 Å². The second-order valence-corrected chi connectivity index (χ2v) is 5.40. The first kappa shape index (κ1) is 16.2. The lowest BCUT2D eigenvalue weighted by molar-refractivity contribution is -0.0309. The molecule has 1 N–H and O–H groups in total. The van der Waals surface area contributed by atoms with Crippen molar-refractivity contribution in [2.24, 2.45) is 0 Å². The quantitative estimate of drug-likeness (QED) is 0.731. The van der Waals surface area contributed by atoms with Crippen LogP contribution in [0.5, 0.6) is 0 Å². The van der Waals surface area contributed by atoms with Gasteiger partial charge in [0.15, 0.2) is 0 Å². The molecular weight excluding hydrogens is 234 g/mol. The Labute approximate surface area is 118 Å². The Bertz CT molecular complexity index is 332. The number of benzene rings is 1. The Morgan fingerprint density at radius 1 is 1.21 bits per heavy atom. The molecule has 0 fully saturated rings. The van der Waals surface area contributed by atoms with Crippen LogP contribution in [0, 0.1) is 0 Å².